The highest BCUT2D eigenvalue weighted by Gasteiger charge is 2.49. The molecule has 0 unspecified atom stereocenters. The topological polar surface area (TPSA) is 164 Å². The number of hydrogen-bond donors (Lipinski definition) is 5. The highest BCUT2D eigenvalue weighted by molar-refractivity contribution is 7.99. The number of carbonyl (C=O) groups excluding carboxylic acids is 2. The van der Waals surface area contributed by atoms with Crippen LogP contribution in [-0.2, 0) is 19.0 Å². The highest BCUT2D eigenvalue weighted by atomic mass is 35.5. The Hall–Kier alpha value is -1.64. The summed E-state index contributed by atoms with van der Waals surface area (Å²) in [4.78, 5) is 27.7. The number of aliphatic hydroxyl groups excluding tert-OH is 3. The molecule has 2 aliphatic heterocycles. The number of benzene rings is 1. The molecule has 1 amide bonds. The Kier molecular flexibility index (Phi) is 12.3. The van der Waals surface area contributed by atoms with Gasteiger partial charge in [0, 0.05) is 25.1 Å². The number of methoxy groups -OCH3 is 1. The minimum atomic E-state index is -1.53. The van der Waals surface area contributed by atoms with Crippen LogP contribution in [0.25, 0.3) is 0 Å². The zero-order valence-electron chi connectivity index (χ0n) is 23.4. The van der Waals surface area contributed by atoms with Crippen molar-refractivity contribution in [1.29, 1.82) is 0 Å². The number of nitrogens with two attached hydrogens (primary N) is 1. The third kappa shape index (κ3) is 8.01. The molecule has 11 nitrogen and oxygen atoms in total. The van der Waals surface area contributed by atoms with Gasteiger partial charge >= 0.3 is 5.97 Å². The summed E-state index contributed by atoms with van der Waals surface area (Å²) in [6.07, 6.45) is -3.23. The molecule has 226 valence electrons. The van der Waals surface area contributed by atoms with Crippen LogP contribution in [0.4, 0.5) is 5.69 Å². The molecular formula is C27H42ClN3O8S. The van der Waals surface area contributed by atoms with Crippen molar-refractivity contribution >= 4 is 40.9 Å². The Morgan fingerprint density at radius 3 is 2.65 bits per heavy atom. The van der Waals surface area contributed by atoms with Crippen molar-refractivity contribution in [3.8, 4) is 0 Å². The normalized spacial score (nSPS) is 30.6. The minimum Gasteiger partial charge on any atom is -0.461 e. The average Bonchev–Trinajstić information content (AvgIpc) is 3.29. The van der Waals surface area contributed by atoms with Crippen LogP contribution < -0.4 is 11.1 Å². The van der Waals surface area contributed by atoms with Gasteiger partial charge in [0.25, 0.3) is 0 Å². The van der Waals surface area contributed by atoms with Crippen molar-refractivity contribution in [2.75, 3.05) is 38.8 Å². The van der Waals surface area contributed by atoms with Gasteiger partial charge in [-0.25, -0.2) is 4.79 Å². The van der Waals surface area contributed by atoms with E-state index in [0.717, 1.165) is 37.6 Å². The molecule has 2 saturated heterocycles. The van der Waals surface area contributed by atoms with Crippen molar-refractivity contribution in [3.63, 3.8) is 0 Å². The van der Waals surface area contributed by atoms with Gasteiger partial charge in [-0.2, -0.15) is 0 Å². The van der Waals surface area contributed by atoms with Crippen LogP contribution in [-0.4, -0.2) is 113 Å². The largest absolute Gasteiger partial charge is 0.461 e. The molecule has 0 saturated carbocycles. The molecule has 9 atom stereocenters. The summed E-state index contributed by atoms with van der Waals surface area (Å²) in [5.41, 5.74) is 5.29. The first-order valence-corrected chi connectivity index (χ1v) is 15.0. The van der Waals surface area contributed by atoms with Crippen LogP contribution in [0, 0.1) is 5.92 Å². The van der Waals surface area contributed by atoms with E-state index in [-0.39, 0.29) is 34.9 Å². The number of ether oxygens (including phenoxy) is 3. The van der Waals surface area contributed by atoms with Crippen molar-refractivity contribution in [3.05, 3.63) is 28.8 Å². The first-order chi connectivity index (χ1) is 19.0. The molecule has 0 aliphatic carbocycles. The number of hydrogen-bond acceptors (Lipinski definition) is 11. The molecule has 0 radical (unpaired) electrons. The Labute approximate surface area is 244 Å². The Morgan fingerprint density at radius 1 is 1.27 bits per heavy atom. The second kappa shape index (κ2) is 15.0. The number of nitrogens with zero attached hydrogens (tertiary/aromatic N) is 1. The Morgan fingerprint density at radius 2 is 2.00 bits per heavy atom. The van der Waals surface area contributed by atoms with Gasteiger partial charge < -0.3 is 40.6 Å². The van der Waals surface area contributed by atoms with Crippen LogP contribution in [0.5, 0.6) is 0 Å². The summed E-state index contributed by atoms with van der Waals surface area (Å²) in [5, 5.41) is 35.3. The maximum absolute atomic E-state index is 13.3. The molecule has 0 bridgehead atoms. The van der Waals surface area contributed by atoms with Crippen LogP contribution in [0.3, 0.4) is 0 Å². The molecular weight excluding hydrogens is 562 g/mol. The summed E-state index contributed by atoms with van der Waals surface area (Å²) >= 11 is 7.17. The first kappa shape index (κ1) is 32.9. The van der Waals surface area contributed by atoms with Crippen LogP contribution in [0.2, 0.25) is 5.02 Å². The molecule has 6 N–H and O–H groups in total. The van der Waals surface area contributed by atoms with Gasteiger partial charge in [-0.3, -0.25) is 9.69 Å². The molecule has 0 spiro atoms. The molecule has 1 aromatic carbocycles. The van der Waals surface area contributed by atoms with Crippen LogP contribution in [0.1, 0.15) is 43.5 Å². The van der Waals surface area contributed by atoms with Gasteiger partial charge in [-0.1, -0.05) is 24.9 Å². The lowest BCUT2D eigenvalue weighted by Crippen LogP contribution is -2.66. The lowest BCUT2D eigenvalue weighted by molar-refractivity contribution is -0.212. The van der Waals surface area contributed by atoms with Crippen molar-refractivity contribution in [2.45, 2.75) is 81.1 Å². The van der Waals surface area contributed by atoms with Gasteiger partial charge in [0.05, 0.1) is 28.8 Å². The molecule has 2 heterocycles. The van der Waals surface area contributed by atoms with E-state index < -0.39 is 48.0 Å². The quantitative estimate of drug-likeness (QED) is 0.133. The van der Waals surface area contributed by atoms with Crippen molar-refractivity contribution in [2.24, 2.45) is 5.92 Å². The number of likely N-dealkylation sites (N-methyl/N-ethyl adjacent to an activating group) is 1. The number of nitrogens with one attached hydrogen (secondary N) is 1. The fourth-order valence-electron chi connectivity index (χ4n) is 5.28. The van der Waals surface area contributed by atoms with Crippen LogP contribution >= 0.6 is 23.4 Å². The van der Waals surface area contributed by atoms with E-state index in [4.69, 9.17) is 31.5 Å². The van der Waals surface area contributed by atoms with E-state index >= 15 is 0 Å². The minimum absolute atomic E-state index is 0.0261. The Balaban J connectivity index is 1.63. The molecule has 2 fully saturated rings. The summed E-state index contributed by atoms with van der Waals surface area (Å²) in [6.45, 7) is 4.67. The van der Waals surface area contributed by atoms with E-state index in [1.165, 1.54) is 19.2 Å². The van der Waals surface area contributed by atoms with Crippen LogP contribution in [0.15, 0.2) is 18.2 Å². The predicted molar refractivity (Wildman–Crippen MR) is 153 cm³/mol. The summed E-state index contributed by atoms with van der Waals surface area (Å²) in [5.74, 6) is -0.177. The number of carbonyl (C=O) groups is 2. The second-order valence-electron chi connectivity index (χ2n) is 10.5. The van der Waals surface area contributed by atoms with Gasteiger partial charge in [-0.15, -0.1) is 11.8 Å². The molecule has 3 rings (SSSR count). The zero-order chi connectivity index (χ0) is 29.6. The van der Waals surface area contributed by atoms with Gasteiger partial charge in [0.15, 0.2) is 0 Å². The maximum Gasteiger partial charge on any atom is 0.339 e. The molecule has 13 heteroatoms. The smallest absolute Gasteiger partial charge is 0.339 e. The summed E-state index contributed by atoms with van der Waals surface area (Å²) in [7, 11) is 3.40. The zero-order valence-corrected chi connectivity index (χ0v) is 24.9. The fraction of sp³-hybridized carbons (Fsp3) is 0.704. The molecule has 1 aromatic rings. The number of halogens is 1. The molecule has 2 aliphatic rings. The standard InChI is InChI=1S/C27H42ClN3O8S/c1-5-6-15-11-19(31(3)13-15)25(35)30-20(14(2)37-4)24-22(33)21(32)23(34)27(39-24)40-10-9-38-26(36)17-8-7-16(29)12-18(17)28/h7-8,12,14-15,19-24,27,32-34H,5-6,9-11,13,29H2,1-4H3,(H,30,35)/t14-,15-,19+,20-,21+,22-,23-,24-,27-/m1/s1. The number of anilines is 1. The first-order valence-electron chi connectivity index (χ1n) is 13.5. The number of nitrogen functional groups attached to an aromatic ring is 1. The average molecular weight is 604 g/mol. The number of likely N-dealkylation sites (tertiary alicyclic amines) is 1. The maximum atomic E-state index is 13.3. The monoisotopic (exact) mass is 603 g/mol. The van der Waals surface area contributed by atoms with Gasteiger partial charge in [0.2, 0.25) is 5.91 Å². The predicted octanol–water partition coefficient (Wildman–Crippen LogP) is 1.26. The number of thioether (sulfide) groups is 1. The fourth-order valence-corrected chi connectivity index (χ4v) is 6.53. The van der Waals surface area contributed by atoms with Crippen molar-refractivity contribution in [1.82, 2.24) is 10.2 Å². The van der Waals surface area contributed by atoms with E-state index in [9.17, 15) is 24.9 Å². The number of esters is 1. The van der Waals surface area contributed by atoms with E-state index in [1.807, 2.05) is 11.9 Å². The lowest BCUT2D eigenvalue weighted by atomic mass is 9.91. The Bertz CT molecular complexity index is 1010. The molecule has 0 aromatic heterocycles. The third-order valence-electron chi connectivity index (χ3n) is 7.59. The number of rotatable bonds is 12. The summed E-state index contributed by atoms with van der Waals surface area (Å²) in [6, 6.07) is 3.34. The number of aliphatic hydroxyl groups is 3. The number of amides is 1. The van der Waals surface area contributed by atoms with Gasteiger partial charge in [-0.05, 0) is 50.9 Å². The van der Waals surface area contributed by atoms with E-state index in [0.29, 0.717) is 11.6 Å². The lowest BCUT2D eigenvalue weighted by Gasteiger charge is -2.44. The third-order valence-corrected chi connectivity index (χ3v) is 9.03. The van der Waals surface area contributed by atoms with Gasteiger partial charge in [0.1, 0.15) is 36.5 Å². The molecule has 40 heavy (non-hydrogen) atoms. The SMILES string of the molecule is CCC[C@@H]1C[C@@H](C(=O)N[C@@H]([C@H]2O[C@H](SCCOC(=O)c3ccc(N)cc3Cl)[C@H](O)[C@@H](O)[C@H]2O)[C@@H](C)OC)N(C)C1. The van der Waals surface area contributed by atoms with E-state index in [1.54, 1.807) is 13.0 Å². The second-order valence-corrected chi connectivity index (χ2v) is 12.1. The van der Waals surface area contributed by atoms with Crippen molar-refractivity contribution < 1.29 is 39.1 Å². The summed E-state index contributed by atoms with van der Waals surface area (Å²) < 4.78 is 16.8. The van der Waals surface area contributed by atoms with E-state index in [2.05, 4.69) is 12.2 Å². The highest BCUT2D eigenvalue weighted by Crippen LogP contribution is 2.32.